The highest BCUT2D eigenvalue weighted by molar-refractivity contribution is 6.07. The molecule has 0 atom stereocenters. The summed E-state index contributed by atoms with van der Waals surface area (Å²) in [5, 5.41) is 0. The lowest BCUT2D eigenvalue weighted by atomic mass is 10.1. The van der Waals surface area contributed by atoms with E-state index in [9.17, 15) is 4.79 Å². The SMILES string of the molecule is CCOc1ccc(COc2cccc(/C=C/C(=O)c3ccc4c(c3)OCO4)c2)cc1OCC. The van der Waals surface area contributed by atoms with Crippen LogP contribution in [0, 0.1) is 0 Å². The van der Waals surface area contributed by atoms with E-state index >= 15 is 0 Å². The van der Waals surface area contributed by atoms with Crippen molar-refractivity contribution in [3.63, 3.8) is 0 Å². The van der Waals surface area contributed by atoms with Crippen LogP contribution in [0.15, 0.2) is 66.7 Å². The Morgan fingerprint density at radius 1 is 0.879 bits per heavy atom. The molecular weight excluding hydrogens is 420 g/mol. The maximum absolute atomic E-state index is 12.5. The largest absolute Gasteiger partial charge is 0.490 e. The number of carbonyl (C=O) groups excluding carboxylic acids is 1. The Balaban J connectivity index is 1.40. The number of hydrogen-bond donors (Lipinski definition) is 0. The molecule has 0 N–H and O–H groups in total. The number of ketones is 1. The van der Waals surface area contributed by atoms with Gasteiger partial charge in [-0.2, -0.15) is 0 Å². The van der Waals surface area contributed by atoms with Crippen LogP contribution in [0.3, 0.4) is 0 Å². The summed E-state index contributed by atoms with van der Waals surface area (Å²) in [6.45, 7) is 5.58. The zero-order chi connectivity index (χ0) is 23.0. The van der Waals surface area contributed by atoms with Crippen LogP contribution in [0.2, 0.25) is 0 Å². The van der Waals surface area contributed by atoms with Gasteiger partial charge >= 0.3 is 0 Å². The highest BCUT2D eigenvalue weighted by Gasteiger charge is 2.15. The molecule has 0 fully saturated rings. The summed E-state index contributed by atoms with van der Waals surface area (Å²) in [7, 11) is 0. The predicted octanol–water partition coefficient (Wildman–Crippen LogP) is 5.69. The van der Waals surface area contributed by atoms with Crippen molar-refractivity contribution < 1.29 is 28.5 Å². The first kappa shape index (κ1) is 22.3. The molecule has 1 aliphatic rings. The average molecular weight is 446 g/mol. The van der Waals surface area contributed by atoms with Gasteiger partial charge in [0, 0.05) is 5.56 Å². The van der Waals surface area contributed by atoms with E-state index in [1.165, 1.54) is 6.08 Å². The standard InChI is InChI=1S/C27H26O6/c1-3-29-24-12-9-20(15-26(24)30-4-2)17-31-22-7-5-6-19(14-22)8-11-23(28)21-10-13-25-27(16-21)33-18-32-25/h5-16H,3-4,17-18H2,1-2H3/b11-8+. The highest BCUT2D eigenvalue weighted by Crippen LogP contribution is 2.33. The van der Waals surface area contributed by atoms with E-state index in [0.717, 1.165) is 16.9 Å². The van der Waals surface area contributed by atoms with E-state index in [0.29, 0.717) is 48.4 Å². The fourth-order valence-electron chi connectivity index (χ4n) is 3.38. The molecule has 0 radical (unpaired) electrons. The second-order valence-corrected chi connectivity index (χ2v) is 7.27. The van der Waals surface area contributed by atoms with Crippen molar-refractivity contribution in [3.05, 3.63) is 83.4 Å². The molecule has 6 heteroatoms. The molecule has 170 valence electrons. The Bertz CT molecular complexity index is 1150. The van der Waals surface area contributed by atoms with Crippen molar-refractivity contribution in [2.75, 3.05) is 20.0 Å². The smallest absolute Gasteiger partial charge is 0.231 e. The average Bonchev–Trinajstić information content (AvgIpc) is 3.31. The van der Waals surface area contributed by atoms with Crippen molar-refractivity contribution in [3.8, 4) is 28.7 Å². The molecule has 33 heavy (non-hydrogen) atoms. The molecule has 0 amide bonds. The summed E-state index contributed by atoms with van der Waals surface area (Å²) < 4.78 is 27.9. The van der Waals surface area contributed by atoms with E-state index < -0.39 is 0 Å². The Morgan fingerprint density at radius 3 is 2.55 bits per heavy atom. The third-order valence-electron chi connectivity index (χ3n) is 4.96. The van der Waals surface area contributed by atoms with Crippen LogP contribution in [0.25, 0.3) is 6.08 Å². The summed E-state index contributed by atoms with van der Waals surface area (Å²) in [5.41, 5.74) is 2.38. The van der Waals surface area contributed by atoms with Crippen LogP contribution < -0.4 is 23.7 Å². The van der Waals surface area contributed by atoms with Gasteiger partial charge < -0.3 is 23.7 Å². The Hall–Kier alpha value is -3.93. The van der Waals surface area contributed by atoms with Crippen molar-refractivity contribution in [2.24, 2.45) is 0 Å². The van der Waals surface area contributed by atoms with Gasteiger partial charge in [-0.1, -0.05) is 24.3 Å². The van der Waals surface area contributed by atoms with Gasteiger partial charge in [-0.15, -0.1) is 0 Å². The molecule has 0 spiro atoms. The maximum Gasteiger partial charge on any atom is 0.231 e. The monoisotopic (exact) mass is 446 g/mol. The van der Waals surface area contributed by atoms with E-state index in [1.54, 1.807) is 24.3 Å². The molecule has 1 heterocycles. The minimum Gasteiger partial charge on any atom is -0.490 e. The molecular formula is C27H26O6. The summed E-state index contributed by atoms with van der Waals surface area (Å²) in [5.74, 6) is 3.27. The van der Waals surface area contributed by atoms with Crippen molar-refractivity contribution in [1.82, 2.24) is 0 Å². The van der Waals surface area contributed by atoms with Gasteiger partial charge in [0.1, 0.15) is 12.4 Å². The molecule has 6 nitrogen and oxygen atoms in total. The Morgan fingerprint density at radius 2 is 1.70 bits per heavy atom. The molecule has 0 saturated heterocycles. The maximum atomic E-state index is 12.5. The van der Waals surface area contributed by atoms with Crippen LogP contribution in [0.4, 0.5) is 0 Å². The molecule has 0 bridgehead atoms. The van der Waals surface area contributed by atoms with Crippen LogP contribution >= 0.6 is 0 Å². The van der Waals surface area contributed by atoms with Gasteiger partial charge in [0.2, 0.25) is 6.79 Å². The number of allylic oxidation sites excluding steroid dienone is 1. The first-order chi connectivity index (χ1) is 16.2. The van der Waals surface area contributed by atoms with Gasteiger partial charge in [-0.05, 0) is 73.5 Å². The number of hydrogen-bond acceptors (Lipinski definition) is 6. The number of ether oxygens (including phenoxy) is 5. The van der Waals surface area contributed by atoms with Crippen LogP contribution in [-0.4, -0.2) is 25.8 Å². The Labute approximate surface area is 193 Å². The topological polar surface area (TPSA) is 63.2 Å². The van der Waals surface area contributed by atoms with Crippen LogP contribution in [0.5, 0.6) is 28.7 Å². The first-order valence-electron chi connectivity index (χ1n) is 10.9. The van der Waals surface area contributed by atoms with Crippen molar-refractivity contribution >= 4 is 11.9 Å². The van der Waals surface area contributed by atoms with Gasteiger partial charge in [0.05, 0.1) is 13.2 Å². The van der Waals surface area contributed by atoms with E-state index in [1.807, 2.05) is 56.3 Å². The van der Waals surface area contributed by atoms with Crippen molar-refractivity contribution in [1.29, 1.82) is 0 Å². The van der Waals surface area contributed by atoms with Crippen molar-refractivity contribution in [2.45, 2.75) is 20.5 Å². The lowest BCUT2D eigenvalue weighted by Gasteiger charge is -2.13. The fourth-order valence-corrected chi connectivity index (χ4v) is 3.38. The zero-order valence-corrected chi connectivity index (χ0v) is 18.7. The molecule has 0 aromatic heterocycles. The number of rotatable bonds is 10. The first-order valence-corrected chi connectivity index (χ1v) is 10.9. The second-order valence-electron chi connectivity index (χ2n) is 7.27. The molecule has 0 aliphatic carbocycles. The fraction of sp³-hybridized carbons (Fsp3) is 0.222. The van der Waals surface area contributed by atoms with E-state index in [-0.39, 0.29) is 12.6 Å². The molecule has 0 unspecified atom stereocenters. The van der Waals surface area contributed by atoms with Crippen LogP contribution in [-0.2, 0) is 6.61 Å². The quantitative estimate of drug-likeness (QED) is 0.295. The highest BCUT2D eigenvalue weighted by atomic mass is 16.7. The summed E-state index contributed by atoms with van der Waals surface area (Å²) in [6.07, 6.45) is 3.31. The van der Waals surface area contributed by atoms with Gasteiger partial charge in [0.25, 0.3) is 0 Å². The third-order valence-corrected chi connectivity index (χ3v) is 4.96. The van der Waals surface area contributed by atoms with Gasteiger partial charge in [-0.25, -0.2) is 0 Å². The lowest BCUT2D eigenvalue weighted by Crippen LogP contribution is -2.01. The summed E-state index contributed by atoms with van der Waals surface area (Å²) >= 11 is 0. The number of carbonyl (C=O) groups is 1. The van der Waals surface area contributed by atoms with Gasteiger partial charge in [0.15, 0.2) is 28.8 Å². The van der Waals surface area contributed by atoms with E-state index in [2.05, 4.69) is 0 Å². The molecule has 0 saturated carbocycles. The van der Waals surface area contributed by atoms with E-state index in [4.69, 9.17) is 23.7 Å². The second kappa shape index (κ2) is 10.6. The Kier molecular flexibility index (Phi) is 7.15. The molecule has 1 aliphatic heterocycles. The third kappa shape index (κ3) is 5.66. The number of benzene rings is 3. The predicted molar refractivity (Wildman–Crippen MR) is 125 cm³/mol. The summed E-state index contributed by atoms with van der Waals surface area (Å²) in [4.78, 5) is 12.5. The minimum absolute atomic E-state index is 0.113. The van der Waals surface area contributed by atoms with Crippen LogP contribution in [0.1, 0.15) is 35.3 Å². The zero-order valence-electron chi connectivity index (χ0n) is 18.7. The molecule has 3 aromatic rings. The normalized spacial score (nSPS) is 12.1. The van der Waals surface area contributed by atoms with Gasteiger partial charge in [-0.3, -0.25) is 4.79 Å². The minimum atomic E-state index is -0.113. The number of fused-ring (bicyclic) bond motifs is 1. The summed E-state index contributed by atoms with van der Waals surface area (Å²) in [6, 6.07) is 18.5. The molecule has 3 aromatic carbocycles. The molecule has 4 rings (SSSR count). The lowest BCUT2D eigenvalue weighted by molar-refractivity contribution is 0.104.